The van der Waals surface area contributed by atoms with Crippen LogP contribution >= 0.6 is 15.9 Å². The van der Waals surface area contributed by atoms with Gasteiger partial charge in [-0.3, -0.25) is 14.6 Å². The fraction of sp³-hybridized carbons (Fsp3) is 0.182. The van der Waals surface area contributed by atoms with Crippen LogP contribution in [0, 0.1) is 5.82 Å². The van der Waals surface area contributed by atoms with Gasteiger partial charge in [-0.25, -0.2) is 9.07 Å². The molecule has 0 saturated heterocycles. The monoisotopic (exact) mass is 565 g/mol. The molecule has 1 amide bonds. The smallest absolute Gasteiger partial charge is 0.344 e. The number of aryl methyl sites for hydroxylation is 1. The van der Waals surface area contributed by atoms with Crippen molar-refractivity contribution in [1.29, 1.82) is 0 Å². The van der Waals surface area contributed by atoms with Crippen LogP contribution in [0.3, 0.4) is 0 Å². The highest BCUT2D eigenvalue weighted by atomic mass is 79.9. The molecule has 1 N–H and O–H groups in total. The van der Waals surface area contributed by atoms with Gasteiger partial charge >= 0.3 is 6.18 Å². The lowest BCUT2D eigenvalue weighted by atomic mass is 10.0. The summed E-state index contributed by atoms with van der Waals surface area (Å²) in [5.41, 5.74) is -1.21. The SMILES string of the molecule is C[C@@H](NC(=O)c1cc(Br)c(=O)n(-c2cncc(-c3cnnn3C)c2)n1)c1cccc(C(F)(F)F)c1F. The Morgan fingerprint density at radius 3 is 2.58 bits per heavy atom. The summed E-state index contributed by atoms with van der Waals surface area (Å²) >= 11 is 3.10. The molecule has 0 aliphatic rings. The van der Waals surface area contributed by atoms with Crippen LogP contribution in [0.5, 0.6) is 0 Å². The van der Waals surface area contributed by atoms with Gasteiger partial charge in [-0.15, -0.1) is 5.10 Å². The topological polar surface area (TPSA) is 108 Å². The molecule has 0 aliphatic carbocycles. The van der Waals surface area contributed by atoms with Crippen molar-refractivity contribution in [2.75, 3.05) is 0 Å². The fourth-order valence-corrected chi connectivity index (χ4v) is 3.82. The number of carbonyl (C=O) groups is 1. The van der Waals surface area contributed by atoms with E-state index in [2.05, 4.69) is 41.6 Å². The van der Waals surface area contributed by atoms with Crippen molar-refractivity contribution in [3.63, 3.8) is 0 Å². The van der Waals surface area contributed by atoms with E-state index in [1.54, 1.807) is 13.1 Å². The molecule has 4 rings (SSSR count). The van der Waals surface area contributed by atoms with E-state index in [1.165, 1.54) is 30.2 Å². The molecule has 1 atom stereocenters. The van der Waals surface area contributed by atoms with Crippen molar-refractivity contribution < 1.29 is 22.4 Å². The molecule has 36 heavy (non-hydrogen) atoms. The predicted octanol–water partition coefficient (Wildman–Crippen LogP) is 3.83. The Kier molecular flexibility index (Phi) is 6.71. The summed E-state index contributed by atoms with van der Waals surface area (Å²) in [5.74, 6) is -2.32. The molecule has 9 nitrogen and oxygen atoms in total. The third-order valence-corrected chi connectivity index (χ3v) is 5.80. The summed E-state index contributed by atoms with van der Waals surface area (Å²) in [5, 5.41) is 14.1. The number of amides is 1. The first-order valence-electron chi connectivity index (χ1n) is 10.2. The number of alkyl halides is 3. The van der Waals surface area contributed by atoms with Crippen LogP contribution in [0.1, 0.15) is 34.6 Å². The van der Waals surface area contributed by atoms with Crippen molar-refractivity contribution in [3.05, 3.63) is 86.4 Å². The van der Waals surface area contributed by atoms with E-state index in [9.17, 15) is 27.2 Å². The number of hydrogen-bond donors (Lipinski definition) is 1. The van der Waals surface area contributed by atoms with Crippen molar-refractivity contribution in [2.45, 2.75) is 19.1 Å². The number of halogens is 5. The van der Waals surface area contributed by atoms with E-state index in [0.717, 1.165) is 22.9 Å². The molecule has 3 heterocycles. The Labute approximate surface area is 208 Å². The molecule has 0 radical (unpaired) electrons. The second kappa shape index (κ2) is 9.60. The van der Waals surface area contributed by atoms with E-state index in [4.69, 9.17) is 0 Å². The molecule has 186 valence electrons. The van der Waals surface area contributed by atoms with Crippen molar-refractivity contribution >= 4 is 21.8 Å². The Morgan fingerprint density at radius 1 is 1.17 bits per heavy atom. The average molecular weight is 566 g/mol. The van der Waals surface area contributed by atoms with Gasteiger partial charge in [-0.05, 0) is 41.1 Å². The first-order valence-corrected chi connectivity index (χ1v) is 11.0. The van der Waals surface area contributed by atoms with Gasteiger partial charge in [0.1, 0.15) is 5.82 Å². The van der Waals surface area contributed by atoms with Crippen LogP contribution in [0.15, 0.2) is 58.2 Å². The molecule has 0 spiro atoms. The van der Waals surface area contributed by atoms with Crippen LogP contribution in [-0.4, -0.2) is 35.7 Å². The van der Waals surface area contributed by atoms with Gasteiger partial charge in [0.2, 0.25) is 0 Å². The maximum absolute atomic E-state index is 14.5. The second-order valence-corrected chi connectivity index (χ2v) is 8.53. The third kappa shape index (κ3) is 4.89. The maximum atomic E-state index is 14.5. The molecule has 0 aliphatic heterocycles. The van der Waals surface area contributed by atoms with Gasteiger partial charge in [-0.2, -0.15) is 23.0 Å². The Bertz CT molecular complexity index is 1520. The summed E-state index contributed by atoms with van der Waals surface area (Å²) in [4.78, 5) is 29.7. The van der Waals surface area contributed by atoms with E-state index >= 15 is 0 Å². The fourth-order valence-electron chi connectivity index (χ4n) is 3.44. The standard InChI is InChI=1S/C22H16BrF4N7O2/c1-11(14-4-3-5-15(19(14)24)22(25,26)27)30-20(35)17-7-16(23)21(36)34(31-17)13-6-12(8-28-9-13)18-10-29-32-33(18)2/h3-11H,1-2H3,(H,30,35)/t11-/m1/s1. The highest BCUT2D eigenvalue weighted by molar-refractivity contribution is 9.10. The zero-order valence-corrected chi connectivity index (χ0v) is 20.2. The van der Waals surface area contributed by atoms with E-state index in [1.807, 2.05) is 0 Å². The highest BCUT2D eigenvalue weighted by Gasteiger charge is 2.35. The summed E-state index contributed by atoms with van der Waals surface area (Å²) in [6.07, 6.45) is -0.495. The zero-order chi connectivity index (χ0) is 26.2. The first-order chi connectivity index (χ1) is 17.0. The average Bonchev–Trinajstić information content (AvgIpc) is 3.25. The van der Waals surface area contributed by atoms with Gasteiger partial charge in [0, 0.05) is 24.4 Å². The molecule has 3 aromatic heterocycles. The lowest BCUT2D eigenvalue weighted by Crippen LogP contribution is -2.32. The minimum atomic E-state index is -4.89. The Balaban J connectivity index is 1.66. The van der Waals surface area contributed by atoms with Gasteiger partial charge in [0.15, 0.2) is 5.69 Å². The lowest BCUT2D eigenvalue weighted by molar-refractivity contribution is -0.140. The van der Waals surface area contributed by atoms with Crippen LogP contribution in [0.2, 0.25) is 0 Å². The summed E-state index contributed by atoms with van der Waals surface area (Å²) in [7, 11) is 1.68. The number of benzene rings is 1. The largest absolute Gasteiger partial charge is 0.419 e. The quantitative estimate of drug-likeness (QED) is 0.368. The predicted molar refractivity (Wildman–Crippen MR) is 123 cm³/mol. The third-order valence-electron chi connectivity index (χ3n) is 5.23. The Morgan fingerprint density at radius 2 is 1.92 bits per heavy atom. The van der Waals surface area contributed by atoms with Crippen LogP contribution < -0.4 is 10.9 Å². The number of pyridine rings is 1. The second-order valence-electron chi connectivity index (χ2n) is 7.67. The summed E-state index contributed by atoms with van der Waals surface area (Å²) in [6, 6.07) is 4.43. The molecule has 14 heteroatoms. The zero-order valence-electron chi connectivity index (χ0n) is 18.6. The molecular formula is C22H16BrF4N7O2. The van der Waals surface area contributed by atoms with Gasteiger partial charge in [-0.1, -0.05) is 17.3 Å². The Hall–Kier alpha value is -3.94. The number of nitrogens with one attached hydrogen (secondary N) is 1. The van der Waals surface area contributed by atoms with Crippen LogP contribution in [0.25, 0.3) is 16.9 Å². The summed E-state index contributed by atoms with van der Waals surface area (Å²) < 4.78 is 56.1. The first kappa shape index (κ1) is 25.2. The number of aromatic nitrogens is 6. The normalized spacial score (nSPS) is 12.4. The number of carbonyl (C=O) groups excluding carboxylic acids is 1. The van der Waals surface area contributed by atoms with Gasteiger partial charge < -0.3 is 5.32 Å². The molecule has 0 saturated carbocycles. The molecule has 0 bridgehead atoms. The minimum Gasteiger partial charge on any atom is -0.344 e. The maximum Gasteiger partial charge on any atom is 0.419 e. The van der Waals surface area contributed by atoms with E-state index in [0.29, 0.717) is 17.3 Å². The van der Waals surface area contributed by atoms with Crippen molar-refractivity contribution in [2.24, 2.45) is 7.05 Å². The van der Waals surface area contributed by atoms with Gasteiger partial charge in [0.05, 0.1) is 39.9 Å². The molecule has 1 aromatic carbocycles. The summed E-state index contributed by atoms with van der Waals surface area (Å²) in [6.45, 7) is 1.33. The van der Waals surface area contributed by atoms with E-state index < -0.39 is 35.1 Å². The van der Waals surface area contributed by atoms with Crippen LogP contribution in [0.4, 0.5) is 17.6 Å². The van der Waals surface area contributed by atoms with Crippen molar-refractivity contribution in [1.82, 2.24) is 35.1 Å². The number of hydrogen-bond acceptors (Lipinski definition) is 6. The van der Waals surface area contributed by atoms with Crippen molar-refractivity contribution in [3.8, 4) is 16.9 Å². The van der Waals surface area contributed by atoms with E-state index in [-0.39, 0.29) is 21.4 Å². The molecule has 0 fully saturated rings. The molecule has 4 aromatic rings. The number of nitrogens with zero attached hydrogens (tertiary/aromatic N) is 6. The van der Waals surface area contributed by atoms with Gasteiger partial charge in [0.25, 0.3) is 11.5 Å². The lowest BCUT2D eigenvalue weighted by Gasteiger charge is -2.18. The minimum absolute atomic E-state index is 0.00634. The molecular weight excluding hydrogens is 550 g/mol. The number of rotatable bonds is 5. The van der Waals surface area contributed by atoms with Crippen LogP contribution in [-0.2, 0) is 13.2 Å². The molecule has 0 unspecified atom stereocenters. The highest BCUT2D eigenvalue weighted by Crippen LogP contribution is 2.34.